The molecule has 3 N–H and O–H groups in total. The summed E-state index contributed by atoms with van der Waals surface area (Å²) >= 11 is 0. The number of rotatable bonds is 64. The standard InChI is InChI=1S/C73H135NO3/c1-3-5-7-9-11-13-15-17-19-21-23-25-27-29-31-33-35-37-39-41-43-45-47-49-51-53-55-57-59-61-63-65-67-69-73(77)74-71(70-75)72(76)68-66-64-62-60-58-56-54-52-50-48-46-44-42-40-38-36-34-32-30-28-26-24-22-20-18-16-14-12-10-8-6-4-2/h15,17,21,23,27,29,50,52,58,60,66,68,71-72,75-76H,3-14,16,18-20,22,24-26,28,30-49,51,53-57,59,61-65,67,69-70H2,1-2H3,(H,74,77)/b17-15-,23-21-,29-27-,52-50+,60-58+,68-66+. The number of hydrogen-bond acceptors (Lipinski definition) is 3. The molecule has 0 heterocycles. The van der Waals surface area contributed by atoms with E-state index in [9.17, 15) is 15.0 Å². The molecular formula is C73H135NO3. The topological polar surface area (TPSA) is 69.6 Å². The number of unbranched alkanes of at least 4 members (excludes halogenated alkanes) is 47. The third-order valence-electron chi connectivity index (χ3n) is 15.9. The molecule has 0 radical (unpaired) electrons. The van der Waals surface area contributed by atoms with Crippen LogP contribution in [0.1, 0.15) is 367 Å². The zero-order valence-corrected chi connectivity index (χ0v) is 52.0. The van der Waals surface area contributed by atoms with Crippen LogP contribution < -0.4 is 5.32 Å². The average molecular weight is 1070 g/mol. The summed E-state index contributed by atoms with van der Waals surface area (Å²) in [4.78, 5) is 12.5. The second-order valence-electron chi connectivity index (χ2n) is 23.6. The molecule has 4 nitrogen and oxygen atoms in total. The molecule has 4 heteroatoms. The molecular weight excluding hydrogens is 939 g/mol. The van der Waals surface area contributed by atoms with Crippen LogP contribution in [0.4, 0.5) is 0 Å². The lowest BCUT2D eigenvalue weighted by Crippen LogP contribution is -2.45. The predicted octanol–water partition coefficient (Wildman–Crippen LogP) is 23.7. The monoisotopic (exact) mass is 1070 g/mol. The Kier molecular flexibility index (Phi) is 66.2. The van der Waals surface area contributed by atoms with Gasteiger partial charge in [-0.3, -0.25) is 4.79 Å². The summed E-state index contributed by atoms with van der Waals surface area (Å²) in [5.74, 6) is -0.0740. The van der Waals surface area contributed by atoms with E-state index in [0.29, 0.717) is 6.42 Å². The molecule has 2 atom stereocenters. The van der Waals surface area contributed by atoms with Gasteiger partial charge < -0.3 is 15.5 Å². The number of aliphatic hydroxyl groups is 2. The van der Waals surface area contributed by atoms with Gasteiger partial charge in [-0.25, -0.2) is 0 Å². The number of carbonyl (C=O) groups is 1. The van der Waals surface area contributed by atoms with Crippen LogP contribution >= 0.6 is 0 Å². The van der Waals surface area contributed by atoms with Crippen molar-refractivity contribution in [1.29, 1.82) is 0 Å². The van der Waals surface area contributed by atoms with Crippen molar-refractivity contribution in [2.75, 3.05) is 6.61 Å². The Morgan fingerprint density at radius 3 is 0.844 bits per heavy atom. The SMILES string of the molecule is CCCCCCC/C=C\C/C=C\C/C=C\CCCCCCCCCCCCCCCCCCCCC(=O)NC(CO)C(O)/C=C/CC/C=C/CC/C=C/CCCCCCCCCCCCCCCCCCCCCCCC. The molecule has 0 aliphatic rings. The van der Waals surface area contributed by atoms with E-state index in [1.165, 1.54) is 295 Å². The molecule has 0 spiro atoms. The van der Waals surface area contributed by atoms with E-state index < -0.39 is 12.1 Å². The maximum atomic E-state index is 12.5. The quantitative estimate of drug-likeness (QED) is 0.0420. The molecule has 0 aliphatic carbocycles. The van der Waals surface area contributed by atoms with Gasteiger partial charge in [-0.05, 0) is 83.5 Å². The summed E-state index contributed by atoms with van der Waals surface area (Å²) in [5, 5.41) is 23.3. The fraction of sp³-hybridized carbons (Fsp3) is 0.822. The summed E-state index contributed by atoms with van der Waals surface area (Å²) < 4.78 is 0. The first-order chi connectivity index (χ1) is 38.2. The van der Waals surface area contributed by atoms with Crippen molar-refractivity contribution in [3.63, 3.8) is 0 Å². The number of carbonyl (C=O) groups excluding carboxylic acids is 1. The van der Waals surface area contributed by atoms with E-state index in [1.54, 1.807) is 6.08 Å². The second-order valence-corrected chi connectivity index (χ2v) is 23.6. The molecule has 0 aromatic carbocycles. The Hall–Kier alpha value is -2.17. The molecule has 1 amide bonds. The number of nitrogens with one attached hydrogen (secondary N) is 1. The van der Waals surface area contributed by atoms with Crippen LogP contribution in [0.15, 0.2) is 72.9 Å². The van der Waals surface area contributed by atoms with E-state index in [2.05, 4.69) is 79.9 Å². The zero-order chi connectivity index (χ0) is 55.5. The largest absolute Gasteiger partial charge is 0.394 e. The Morgan fingerprint density at radius 2 is 0.545 bits per heavy atom. The van der Waals surface area contributed by atoms with Crippen molar-refractivity contribution >= 4 is 5.91 Å². The highest BCUT2D eigenvalue weighted by atomic mass is 16.3. The maximum absolute atomic E-state index is 12.5. The first kappa shape index (κ1) is 74.8. The highest BCUT2D eigenvalue weighted by Gasteiger charge is 2.18. The van der Waals surface area contributed by atoms with Crippen molar-refractivity contribution in [3.05, 3.63) is 72.9 Å². The molecule has 0 fully saturated rings. The number of allylic oxidation sites excluding steroid dienone is 11. The maximum Gasteiger partial charge on any atom is 0.220 e. The minimum Gasteiger partial charge on any atom is -0.394 e. The molecule has 0 rings (SSSR count). The number of hydrogen-bond donors (Lipinski definition) is 3. The number of aliphatic hydroxyl groups excluding tert-OH is 2. The molecule has 0 aliphatic heterocycles. The fourth-order valence-corrected chi connectivity index (χ4v) is 10.6. The van der Waals surface area contributed by atoms with E-state index in [1.807, 2.05) is 6.08 Å². The Labute approximate surface area is 482 Å². The lowest BCUT2D eigenvalue weighted by atomic mass is 10.0. The van der Waals surface area contributed by atoms with Crippen LogP contribution in [-0.4, -0.2) is 34.9 Å². The smallest absolute Gasteiger partial charge is 0.220 e. The van der Waals surface area contributed by atoms with Crippen molar-refractivity contribution in [2.24, 2.45) is 0 Å². The minimum absolute atomic E-state index is 0.0740. The van der Waals surface area contributed by atoms with E-state index in [-0.39, 0.29) is 12.5 Å². The predicted molar refractivity (Wildman–Crippen MR) is 345 cm³/mol. The summed E-state index contributed by atoms with van der Waals surface area (Å²) in [7, 11) is 0. The van der Waals surface area contributed by atoms with Crippen molar-refractivity contribution in [3.8, 4) is 0 Å². The molecule has 2 unspecified atom stereocenters. The number of amides is 1. The summed E-state index contributed by atoms with van der Waals surface area (Å²) in [5.41, 5.74) is 0. The van der Waals surface area contributed by atoms with Crippen LogP contribution in [0.2, 0.25) is 0 Å². The molecule has 0 saturated carbocycles. The van der Waals surface area contributed by atoms with Gasteiger partial charge in [0, 0.05) is 6.42 Å². The third kappa shape index (κ3) is 64.5. The second kappa shape index (κ2) is 68.1. The van der Waals surface area contributed by atoms with Gasteiger partial charge in [0.15, 0.2) is 0 Å². The Bertz CT molecular complexity index is 1310. The first-order valence-electron chi connectivity index (χ1n) is 34.7. The van der Waals surface area contributed by atoms with Gasteiger partial charge in [0.25, 0.3) is 0 Å². The van der Waals surface area contributed by atoms with Gasteiger partial charge in [0.05, 0.1) is 18.8 Å². The fourth-order valence-electron chi connectivity index (χ4n) is 10.6. The third-order valence-corrected chi connectivity index (χ3v) is 15.9. The zero-order valence-electron chi connectivity index (χ0n) is 52.0. The Balaban J connectivity index is 3.50. The highest BCUT2D eigenvalue weighted by Crippen LogP contribution is 2.18. The van der Waals surface area contributed by atoms with Gasteiger partial charge in [0.2, 0.25) is 5.91 Å². The molecule has 0 bridgehead atoms. The molecule has 77 heavy (non-hydrogen) atoms. The van der Waals surface area contributed by atoms with Crippen LogP contribution in [0.5, 0.6) is 0 Å². The van der Waals surface area contributed by atoms with E-state index >= 15 is 0 Å². The van der Waals surface area contributed by atoms with Gasteiger partial charge in [-0.1, -0.05) is 350 Å². The van der Waals surface area contributed by atoms with Crippen LogP contribution in [0, 0.1) is 0 Å². The van der Waals surface area contributed by atoms with E-state index in [0.717, 1.165) is 51.4 Å². The van der Waals surface area contributed by atoms with Crippen molar-refractivity contribution in [2.45, 2.75) is 379 Å². The molecule has 450 valence electrons. The summed E-state index contributed by atoms with van der Waals surface area (Å²) in [6, 6.07) is -0.650. The van der Waals surface area contributed by atoms with Crippen LogP contribution in [0.25, 0.3) is 0 Å². The van der Waals surface area contributed by atoms with E-state index in [4.69, 9.17) is 0 Å². The van der Waals surface area contributed by atoms with Gasteiger partial charge in [-0.15, -0.1) is 0 Å². The minimum atomic E-state index is -0.874. The summed E-state index contributed by atoms with van der Waals surface area (Å²) in [6.07, 6.45) is 98.5. The van der Waals surface area contributed by atoms with Crippen molar-refractivity contribution in [1.82, 2.24) is 5.32 Å². The average Bonchev–Trinajstić information content (AvgIpc) is 3.43. The first-order valence-corrected chi connectivity index (χ1v) is 34.7. The molecule has 0 aromatic heterocycles. The molecule has 0 aromatic rings. The lowest BCUT2D eigenvalue weighted by Gasteiger charge is -2.19. The van der Waals surface area contributed by atoms with Crippen LogP contribution in [0.3, 0.4) is 0 Å². The Morgan fingerprint density at radius 1 is 0.312 bits per heavy atom. The lowest BCUT2D eigenvalue weighted by molar-refractivity contribution is -0.123. The van der Waals surface area contributed by atoms with Gasteiger partial charge in [0.1, 0.15) is 0 Å². The van der Waals surface area contributed by atoms with Crippen LogP contribution in [-0.2, 0) is 4.79 Å². The van der Waals surface area contributed by atoms with Gasteiger partial charge in [-0.2, -0.15) is 0 Å². The summed E-state index contributed by atoms with van der Waals surface area (Å²) in [6.45, 7) is 4.32. The molecule has 0 saturated heterocycles. The van der Waals surface area contributed by atoms with Gasteiger partial charge >= 0.3 is 0 Å². The highest BCUT2D eigenvalue weighted by molar-refractivity contribution is 5.76. The normalized spacial score (nSPS) is 13.1. The van der Waals surface area contributed by atoms with Crippen molar-refractivity contribution < 1.29 is 15.0 Å².